The summed E-state index contributed by atoms with van der Waals surface area (Å²) in [6.07, 6.45) is 0.903. The highest BCUT2D eigenvalue weighted by molar-refractivity contribution is 5.81. The lowest BCUT2D eigenvalue weighted by Crippen LogP contribution is -2.39. The van der Waals surface area contributed by atoms with Crippen LogP contribution in [-0.2, 0) is 4.79 Å². The van der Waals surface area contributed by atoms with E-state index in [0.29, 0.717) is 6.42 Å². The van der Waals surface area contributed by atoms with Crippen molar-refractivity contribution in [3.63, 3.8) is 0 Å². The van der Waals surface area contributed by atoms with Gasteiger partial charge in [0.15, 0.2) is 6.10 Å². The van der Waals surface area contributed by atoms with Crippen molar-refractivity contribution in [2.45, 2.75) is 52.7 Å². The Kier molecular flexibility index (Phi) is 7.07. The highest BCUT2D eigenvalue weighted by Crippen LogP contribution is 2.22. The maximum Gasteiger partial charge on any atom is 0.261 e. The van der Waals surface area contributed by atoms with Crippen molar-refractivity contribution in [2.24, 2.45) is 0 Å². The van der Waals surface area contributed by atoms with E-state index in [0.717, 1.165) is 29.0 Å². The number of hydrogen-bond donors (Lipinski definition) is 1. The molecule has 0 spiro atoms. The second-order valence-electron chi connectivity index (χ2n) is 6.50. The molecule has 0 aliphatic rings. The maximum atomic E-state index is 12.7. The summed E-state index contributed by atoms with van der Waals surface area (Å²) in [5.41, 5.74) is 3.42. The molecular weight excluding hydrogens is 326 g/mol. The average molecular weight is 355 g/mol. The Labute approximate surface area is 156 Å². The Bertz CT molecular complexity index is 725. The van der Waals surface area contributed by atoms with Gasteiger partial charge in [0.05, 0.1) is 13.2 Å². The van der Waals surface area contributed by atoms with Crippen molar-refractivity contribution >= 4 is 5.91 Å². The van der Waals surface area contributed by atoms with Gasteiger partial charge in [-0.25, -0.2) is 0 Å². The molecule has 2 rings (SSSR count). The highest BCUT2D eigenvalue weighted by atomic mass is 16.5. The van der Waals surface area contributed by atoms with Crippen LogP contribution in [-0.4, -0.2) is 19.1 Å². The molecule has 2 atom stereocenters. The maximum absolute atomic E-state index is 12.7. The van der Waals surface area contributed by atoms with Crippen molar-refractivity contribution in [3.8, 4) is 11.5 Å². The molecule has 2 aromatic rings. The largest absolute Gasteiger partial charge is 0.497 e. The van der Waals surface area contributed by atoms with Crippen LogP contribution in [0.5, 0.6) is 11.5 Å². The smallest absolute Gasteiger partial charge is 0.261 e. The minimum absolute atomic E-state index is 0.0502. The van der Waals surface area contributed by atoms with E-state index in [1.54, 1.807) is 7.11 Å². The van der Waals surface area contributed by atoms with Crippen LogP contribution in [0.2, 0.25) is 0 Å². The summed E-state index contributed by atoms with van der Waals surface area (Å²) in [7, 11) is 1.64. The Hall–Kier alpha value is -2.49. The van der Waals surface area contributed by atoms with Crippen LogP contribution in [0, 0.1) is 13.8 Å². The quantitative estimate of drug-likeness (QED) is 0.744. The summed E-state index contributed by atoms with van der Waals surface area (Å²) < 4.78 is 11.1. The van der Waals surface area contributed by atoms with Crippen LogP contribution >= 0.6 is 0 Å². The van der Waals surface area contributed by atoms with Gasteiger partial charge in [0.25, 0.3) is 5.91 Å². The molecule has 2 aromatic carbocycles. The molecule has 0 aliphatic heterocycles. The van der Waals surface area contributed by atoms with Gasteiger partial charge in [-0.1, -0.05) is 32.0 Å². The minimum atomic E-state index is -0.510. The van der Waals surface area contributed by atoms with Gasteiger partial charge < -0.3 is 14.8 Å². The topological polar surface area (TPSA) is 47.6 Å². The zero-order chi connectivity index (χ0) is 19.1. The van der Waals surface area contributed by atoms with Crippen molar-refractivity contribution < 1.29 is 14.3 Å². The van der Waals surface area contributed by atoms with Crippen molar-refractivity contribution in [2.75, 3.05) is 7.11 Å². The van der Waals surface area contributed by atoms with E-state index in [4.69, 9.17) is 9.47 Å². The third-order valence-electron chi connectivity index (χ3n) is 4.66. The summed E-state index contributed by atoms with van der Waals surface area (Å²) in [5.74, 6) is 1.44. The molecule has 0 bridgehead atoms. The van der Waals surface area contributed by atoms with E-state index in [2.05, 4.69) is 19.2 Å². The van der Waals surface area contributed by atoms with E-state index in [1.807, 2.05) is 56.3 Å². The second kappa shape index (κ2) is 9.27. The average Bonchev–Trinajstić information content (AvgIpc) is 2.66. The number of carbonyl (C=O) groups is 1. The number of ether oxygens (including phenoxy) is 2. The van der Waals surface area contributed by atoms with Crippen LogP contribution in [0.25, 0.3) is 0 Å². The van der Waals surface area contributed by atoms with Crippen molar-refractivity contribution in [3.05, 3.63) is 59.2 Å². The Morgan fingerprint density at radius 1 is 0.962 bits per heavy atom. The number of nitrogens with one attached hydrogen (secondary N) is 1. The van der Waals surface area contributed by atoms with Gasteiger partial charge in [0, 0.05) is 0 Å². The summed E-state index contributed by atoms with van der Waals surface area (Å²) in [6, 6.07) is 13.6. The first kappa shape index (κ1) is 19.8. The van der Waals surface area contributed by atoms with Crippen LogP contribution in [0.3, 0.4) is 0 Å². The van der Waals surface area contributed by atoms with Gasteiger partial charge in [-0.15, -0.1) is 0 Å². The molecule has 4 heteroatoms. The minimum Gasteiger partial charge on any atom is -0.497 e. The van der Waals surface area contributed by atoms with Gasteiger partial charge in [0.2, 0.25) is 0 Å². The number of hydrogen-bond acceptors (Lipinski definition) is 3. The highest BCUT2D eigenvalue weighted by Gasteiger charge is 2.22. The molecule has 0 fully saturated rings. The van der Waals surface area contributed by atoms with E-state index < -0.39 is 6.10 Å². The van der Waals surface area contributed by atoms with Gasteiger partial charge >= 0.3 is 0 Å². The number of amides is 1. The molecule has 0 radical (unpaired) electrons. The fourth-order valence-electron chi connectivity index (χ4n) is 2.80. The molecule has 0 saturated carbocycles. The summed E-state index contributed by atoms with van der Waals surface area (Å²) >= 11 is 0. The molecule has 26 heavy (non-hydrogen) atoms. The first-order valence-electron chi connectivity index (χ1n) is 9.16. The molecule has 0 aromatic heterocycles. The summed E-state index contributed by atoms with van der Waals surface area (Å²) in [6.45, 7) is 8.11. The van der Waals surface area contributed by atoms with Gasteiger partial charge in [-0.2, -0.15) is 0 Å². The molecule has 0 heterocycles. The van der Waals surface area contributed by atoms with E-state index >= 15 is 0 Å². The molecule has 140 valence electrons. The fraction of sp³-hybridized carbons (Fsp3) is 0.409. The SMILES string of the molecule is CCC(Oc1ccc(C)c(C)c1)C(=O)NC(CC)c1ccc(OC)cc1. The molecule has 1 N–H and O–H groups in total. The number of rotatable bonds is 8. The Morgan fingerprint density at radius 2 is 1.62 bits per heavy atom. The number of carbonyl (C=O) groups excluding carboxylic acids is 1. The first-order chi connectivity index (χ1) is 12.5. The van der Waals surface area contributed by atoms with E-state index in [1.165, 1.54) is 5.56 Å². The Balaban J connectivity index is 2.06. The molecule has 0 aliphatic carbocycles. The predicted octanol–water partition coefficient (Wildman–Crippen LogP) is 4.74. The van der Waals surface area contributed by atoms with Crippen LogP contribution in [0.15, 0.2) is 42.5 Å². The molecule has 4 nitrogen and oxygen atoms in total. The zero-order valence-electron chi connectivity index (χ0n) is 16.3. The number of benzene rings is 2. The van der Waals surface area contributed by atoms with Crippen molar-refractivity contribution in [1.29, 1.82) is 0 Å². The lowest BCUT2D eigenvalue weighted by molar-refractivity contribution is -0.128. The first-order valence-corrected chi connectivity index (χ1v) is 9.16. The fourth-order valence-corrected chi connectivity index (χ4v) is 2.80. The van der Waals surface area contributed by atoms with Gasteiger partial charge in [-0.05, 0) is 67.6 Å². The third-order valence-corrected chi connectivity index (χ3v) is 4.66. The van der Waals surface area contributed by atoms with E-state index in [9.17, 15) is 4.79 Å². The lowest BCUT2D eigenvalue weighted by atomic mass is 10.0. The van der Waals surface area contributed by atoms with Crippen LogP contribution < -0.4 is 14.8 Å². The van der Waals surface area contributed by atoms with Crippen LogP contribution in [0.1, 0.15) is 49.4 Å². The lowest BCUT2D eigenvalue weighted by Gasteiger charge is -2.23. The Morgan fingerprint density at radius 3 is 2.15 bits per heavy atom. The van der Waals surface area contributed by atoms with Crippen LogP contribution in [0.4, 0.5) is 0 Å². The zero-order valence-corrected chi connectivity index (χ0v) is 16.3. The predicted molar refractivity (Wildman–Crippen MR) is 105 cm³/mol. The molecule has 0 saturated heterocycles. The molecule has 2 unspecified atom stereocenters. The van der Waals surface area contributed by atoms with Gasteiger partial charge in [-0.3, -0.25) is 4.79 Å². The summed E-state index contributed by atoms with van der Waals surface area (Å²) in [4.78, 5) is 12.7. The van der Waals surface area contributed by atoms with Crippen molar-refractivity contribution in [1.82, 2.24) is 5.32 Å². The standard InChI is InChI=1S/C22H29NO3/c1-6-20(17-9-12-18(25-5)13-10-17)23-22(24)21(7-2)26-19-11-8-15(3)16(4)14-19/h8-14,20-21H,6-7H2,1-5H3,(H,23,24). The third kappa shape index (κ3) is 5.01. The summed E-state index contributed by atoms with van der Waals surface area (Å²) in [5, 5.41) is 3.11. The number of methoxy groups -OCH3 is 1. The number of aryl methyl sites for hydroxylation is 2. The van der Waals surface area contributed by atoms with Gasteiger partial charge in [0.1, 0.15) is 11.5 Å². The monoisotopic (exact) mass is 355 g/mol. The second-order valence-corrected chi connectivity index (χ2v) is 6.50. The molecule has 1 amide bonds. The molecular formula is C22H29NO3. The van der Waals surface area contributed by atoms with E-state index in [-0.39, 0.29) is 11.9 Å². The normalized spacial score (nSPS) is 13.0.